The molecule has 1 aliphatic carbocycles. The summed E-state index contributed by atoms with van der Waals surface area (Å²) in [6.45, 7) is 1.41. The normalized spacial score (nSPS) is 15.2. The lowest BCUT2D eigenvalue weighted by molar-refractivity contribution is 0.315. The van der Waals surface area contributed by atoms with Gasteiger partial charge in [-0.15, -0.1) is 24.0 Å². The first-order chi connectivity index (χ1) is 9.15. The standard InChI is InChI=1S/C13H22N6.HI/c1-19(2)13-15-7-6-11(18-13)9-17-12(14)16-8-10-4-3-5-10;/h6-7,10H,3-5,8-9H2,1-2H3,(H3,14,16,17);1H. The van der Waals surface area contributed by atoms with Gasteiger partial charge < -0.3 is 16.0 Å². The van der Waals surface area contributed by atoms with E-state index in [1.807, 2.05) is 25.1 Å². The molecule has 3 N–H and O–H groups in total. The Kier molecular flexibility index (Phi) is 6.97. The van der Waals surface area contributed by atoms with E-state index in [1.165, 1.54) is 19.3 Å². The summed E-state index contributed by atoms with van der Waals surface area (Å²) in [5.74, 6) is 1.96. The van der Waals surface area contributed by atoms with Crippen LogP contribution in [0, 0.1) is 5.92 Å². The number of hydrogen-bond donors (Lipinski definition) is 2. The van der Waals surface area contributed by atoms with Gasteiger partial charge in [0, 0.05) is 26.8 Å². The Labute approximate surface area is 137 Å². The highest BCUT2D eigenvalue weighted by molar-refractivity contribution is 14.0. The van der Waals surface area contributed by atoms with Gasteiger partial charge in [-0.2, -0.15) is 0 Å². The highest BCUT2D eigenvalue weighted by Gasteiger charge is 2.16. The van der Waals surface area contributed by atoms with Crippen LogP contribution in [0.25, 0.3) is 0 Å². The molecule has 0 unspecified atom stereocenters. The molecular formula is C13H23IN6. The predicted molar refractivity (Wildman–Crippen MR) is 92.4 cm³/mol. The maximum absolute atomic E-state index is 5.83. The summed E-state index contributed by atoms with van der Waals surface area (Å²) in [5.41, 5.74) is 6.70. The zero-order valence-electron chi connectivity index (χ0n) is 12.0. The van der Waals surface area contributed by atoms with Gasteiger partial charge in [0.25, 0.3) is 0 Å². The minimum absolute atomic E-state index is 0. The van der Waals surface area contributed by atoms with Gasteiger partial charge in [0.05, 0.1) is 12.2 Å². The molecule has 0 saturated heterocycles. The molecule has 1 saturated carbocycles. The van der Waals surface area contributed by atoms with Gasteiger partial charge in [0.2, 0.25) is 5.95 Å². The zero-order valence-corrected chi connectivity index (χ0v) is 14.4. The molecule has 0 atom stereocenters. The van der Waals surface area contributed by atoms with Gasteiger partial charge in [-0.3, -0.25) is 0 Å². The lowest BCUT2D eigenvalue weighted by atomic mass is 9.85. The van der Waals surface area contributed by atoms with Crippen LogP contribution in [-0.2, 0) is 6.54 Å². The van der Waals surface area contributed by atoms with E-state index in [9.17, 15) is 0 Å². The fourth-order valence-corrected chi connectivity index (χ4v) is 1.86. The lowest BCUT2D eigenvalue weighted by Crippen LogP contribution is -2.37. The second kappa shape index (κ2) is 8.23. The van der Waals surface area contributed by atoms with Gasteiger partial charge in [0.15, 0.2) is 5.96 Å². The van der Waals surface area contributed by atoms with E-state index in [0.29, 0.717) is 18.5 Å². The van der Waals surface area contributed by atoms with Crippen molar-refractivity contribution in [3.63, 3.8) is 0 Å². The molecule has 0 aromatic carbocycles. The van der Waals surface area contributed by atoms with Gasteiger partial charge in [-0.25, -0.2) is 15.0 Å². The van der Waals surface area contributed by atoms with E-state index >= 15 is 0 Å². The van der Waals surface area contributed by atoms with E-state index in [4.69, 9.17) is 5.73 Å². The van der Waals surface area contributed by atoms with E-state index in [0.717, 1.165) is 18.2 Å². The Morgan fingerprint density at radius 2 is 2.25 bits per heavy atom. The first-order valence-electron chi connectivity index (χ1n) is 6.68. The van der Waals surface area contributed by atoms with Crippen LogP contribution >= 0.6 is 24.0 Å². The van der Waals surface area contributed by atoms with E-state index in [2.05, 4.69) is 20.3 Å². The number of rotatable bonds is 5. The molecule has 20 heavy (non-hydrogen) atoms. The number of nitrogens with one attached hydrogen (secondary N) is 1. The fraction of sp³-hybridized carbons (Fsp3) is 0.615. The number of halogens is 1. The lowest BCUT2D eigenvalue weighted by Gasteiger charge is -2.25. The Balaban J connectivity index is 0.00000200. The molecule has 1 fully saturated rings. The van der Waals surface area contributed by atoms with E-state index < -0.39 is 0 Å². The van der Waals surface area contributed by atoms with Crippen LogP contribution in [0.3, 0.4) is 0 Å². The summed E-state index contributed by atoms with van der Waals surface area (Å²) in [5, 5.41) is 3.17. The highest BCUT2D eigenvalue weighted by Crippen LogP contribution is 2.24. The third-order valence-corrected chi connectivity index (χ3v) is 3.31. The molecule has 6 nitrogen and oxygen atoms in total. The molecule has 0 amide bonds. The van der Waals surface area contributed by atoms with Crippen LogP contribution < -0.4 is 16.0 Å². The van der Waals surface area contributed by atoms with Crippen molar-refractivity contribution >= 4 is 35.9 Å². The molecular weight excluding hydrogens is 367 g/mol. The summed E-state index contributed by atoms with van der Waals surface area (Å²) in [6, 6.07) is 1.86. The topological polar surface area (TPSA) is 79.4 Å². The average Bonchev–Trinajstić information content (AvgIpc) is 2.35. The van der Waals surface area contributed by atoms with Gasteiger partial charge in [-0.05, 0) is 24.8 Å². The van der Waals surface area contributed by atoms with Gasteiger partial charge >= 0.3 is 0 Å². The quantitative estimate of drug-likeness (QED) is 0.451. The van der Waals surface area contributed by atoms with Crippen molar-refractivity contribution in [3.05, 3.63) is 18.0 Å². The molecule has 1 aromatic rings. The Hall–Kier alpha value is -1.12. The molecule has 1 heterocycles. The molecule has 0 radical (unpaired) electrons. The fourth-order valence-electron chi connectivity index (χ4n) is 1.86. The van der Waals surface area contributed by atoms with Crippen LogP contribution in [0.1, 0.15) is 25.0 Å². The third kappa shape index (κ3) is 5.10. The number of aliphatic imine (C=N–C) groups is 1. The number of nitrogens with two attached hydrogens (primary N) is 1. The molecule has 2 rings (SSSR count). The van der Waals surface area contributed by atoms with Crippen molar-refractivity contribution in [3.8, 4) is 0 Å². The number of guanidine groups is 1. The second-order valence-electron chi connectivity index (χ2n) is 5.12. The number of aromatic nitrogens is 2. The van der Waals surface area contributed by atoms with Crippen molar-refractivity contribution < 1.29 is 0 Å². The smallest absolute Gasteiger partial charge is 0.225 e. The molecule has 7 heteroatoms. The highest BCUT2D eigenvalue weighted by atomic mass is 127. The minimum Gasteiger partial charge on any atom is -0.370 e. The third-order valence-electron chi connectivity index (χ3n) is 3.31. The monoisotopic (exact) mass is 390 g/mol. The van der Waals surface area contributed by atoms with Gasteiger partial charge in [-0.1, -0.05) is 6.42 Å². The van der Waals surface area contributed by atoms with Crippen LogP contribution in [0.15, 0.2) is 17.3 Å². The SMILES string of the molecule is CN(C)c1nccc(CN=C(N)NCC2CCC2)n1.I. The number of hydrogen-bond acceptors (Lipinski definition) is 4. The maximum Gasteiger partial charge on any atom is 0.225 e. The summed E-state index contributed by atoms with van der Waals surface area (Å²) in [6.07, 6.45) is 5.69. The zero-order chi connectivity index (χ0) is 13.7. The second-order valence-corrected chi connectivity index (χ2v) is 5.12. The number of nitrogens with zero attached hydrogens (tertiary/aromatic N) is 4. The summed E-state index contributed by atoms with van der Waals surface area (Å²) < 4.78 is 0. The first-order valence-corrected chi connectivity index (χ1v) is 6.68. The molecule has 0 bridgehead atoms. The van der Waals surface area contributed by atoms with Crippen LogP contribution in [0.4, 0.5) is 5.95 Å². The van der Waals surface area contributed by atoms with Crippen LogP contribution in [0.5, 0.6) is 0 Å². The van der Waals surface area contributed by atoms with Crippen molar-refractivity contribution in [1.29, 1.82) is 0 Å². The van der Waals surface area contributed by atoms with Crippen molar-refractivity contribution in [1.82, 2.24) is 15.3 Å². The first kappa shape index (κ1) is 16.9. The maximum atomic E-state index is 5.83. The van der Waals surface area contributed by atoms with Crippen molar-refractivity contribution in [2.45, 2.75) is 25.8 Å². The minimum atomic E-state index is 0. The van der Waals surface area contributed by atoms with Crippen molar-refractivity contribution in [2.75, 3.05) is 25.5 Å². The Morgan fingerprint density at radius 3 is 2.85 bits per heavy atom. The largest absolute Gasteiger partial charge is 0.370 e. The number of anilines is 1. The summed E-state index contributed by atoms with van der Waals surface area (Å²) >= 11 is 0. The molecule has 1 aromatic heterocycles. The Morgan fingerprint density at radius 1 is 1.50 bits per heavy atom. The average molecular weight is 390 g/mol. The molecule has 112 valence electrons. The van der Waals surface area contributed by atoms with Crippen LogP contribution in [0.2, 0.25) is 0 Å². The summed E-state index contributed by atoms with van der Waals surface area (Å²) in [7, 11) is 3.83. The molecule has 1 aliphatic rings. The molecule has 0 spiro atoms. The molecule has 0 aliphatic heterocycles. The Bertz CT molecular complexity index is 444. The predicted octanol–water partition coefficient (Wildman–Crippen LogP) is 1.36. The summed E-state index contributed by atoms with van der Waals surface area (Å²) in [4.78, 5) is 14.7. The van der Waals surface area contributed by atoms with Crippen LogP contribution in [-0.4, -0.2) is 36.6 Å². The van der Waals surface area contributed by atoms with Gasteiger partial charge in [0.1, 0.15) is 0 Å². The van der Waals surface area contributed by atoms with Crippen molar-refractivity contribution in [2.24, 2.45) is 16.6 Å². The van der Waals surface area contributed by atoms with E-state index in [1.54, 1.807) is 6.20 Å². The van der Waals surface area contributed by atoms with E-state index in [-0.39, 0.29) is 24.0 Å².